The molecule has 0 aliphatic heterocycles. The minimum absolute atomic E-state index is 0.116. The van der Waals surface area contributed by atoms with Gasteiger partial charge < -0.3 is 5.32 Å². The summed E-state index contributed by atoms with van der Waals surface area (Å²) in [4.78, 5) is 0. The Labute approximate surface area is 114 Å². The van der Waals surface area contributed by atoms with Crippen LogP contribution in [0.5, 0.6) is 0 Å². The van der Waals surface area contributed by atoms with Gasteiger partial charge in [0.1, 0.15) is 5.82 Å². The van der Waals surface area contributed by atoms with E-state index in [0.717, 1.165) is 5.56 Å². The smallest absolute Gasteiger partial charge is 0.126 e. The fourth-order valence-corrected chi connectivity index (χ4v) is 2.19. The monoisotopic (exact) mass is 257 g/mol. The third-order valence-corrected chi connectivity index (χ3v) is 3.50. The van der Waals surface area contributed by atoms with E-state index < -0.39 is 0 Å². The first-order valence-electron chi connectivity index (χ1n) is 6.65. The van der Waals surface area contributed by atoms with E-state index in [0.29, 0.717) is 5.56 Å². The number of hydrogen-bond acceptors (Lipinski definition) is 1. The van der Waals surface area contributed by atoms with Crippen molar-refractivity contribution in [1.82, 2.24) is 5.32 Å². The maximum atomic E-state index is 13.6. The zero-order valence-corrected chi connectivity index (χ0v) is 11.7. The average molecular weight is 257 g/mol. The second-order valence-corrected chi connectivity index (χ2v) is 5.03. The van der Waals surface area contributed by atoms with Gasteiger partial charge in [-0.25, -0.2) is 4.39 Å². The van der Waals surface area contributed by atoms with Crippen molar-refractivity contribution in [3.63, 3.8) is 0 Å². The lowest BCUT2D eigenvalue weighted by Gasteiger charge is -2.21. The Morgan fingerprint density at radius 1 is 0.895 bits per heavy atom. The van der Waals surface area contributed by atoms with E-state index in [2.05, 4.69) is 31.3 Å². The number of rotatable bonds is 4. The van der Waals surface area contributed by atoms with Gasteiger partial charge in [0.05, 0.1) is 0 Å². The quantitative estimate of drug-likeness (QED) is 0.847. The molecule has 0 saturated carbocycles. The number of benzene rings is 2. The van der Waals surface area contributed by atoms with Gasteiger partial charge >= 0.3 is 0 Å². The van der Waals surface area contributed by atoms with Gasteiger partial charge in [-0.05, 0) is 43.5 Å². The molecule has 19 heavy (non-hydrogen) atoms. The first kappa shape index (κ1) is 13.8. The average Bonchev–Trinajstić information content (AvgIpc) is 2.42. The highest BCUT2D eigenvalue weighted by molar-refractivity contribution is 5.26. The normalized spacial score (nSPS) is 14.1. The van der Waals surface area contributed by atoms with Crippen LogP contribution in [0, 0.1) is 12.7 Å². The van der Waals surface area contributed by atoms with E-state index in [4.69, 9.17) is 0 Å². The number of nitrogens with one attached hydrogen (secondary N) is 1. The van der Waals surface area contributed by atoms with Gasteiger partial charge in [-0.3, -0.25) is 0 Å². The molecule has 100 valence electrons. The van der Waals surface area contributed by atoms with Crippen LogP contribution in [-0.4, -0.2) is 0 Å². The van der Waals surface area contributed by atoms with E-state index >= 15 is 0 Å². The molecule has 0 aliphatic rings. The molecule has 2 aromatic rings. The standard InChI is InChI=1S/C17H20FN/c1-12-9-10-16(11-17(12)18)14(3)19-13(2)15-7-5-4-6-8-15/h4-11,13-14,19H,1-3H3/t13-,14?/m0/s1. The van der Waals surface area contributed by atoms with Crippen molar-refractivity contribution < 1.29 is 4.39 Å². The van der Waals surface area contributed by atoms with Gasteiger partial charge in [-0.2, -0.15) is 0 Å². The Balaban J connectivity index is 2.08. The largest absolute Gasteiger partial charge is 0.304 e. The van der Waals surface area contributed by atoms with E-state index in [1.807, 2.05) is 30.3 Å². The third-order valence-electron chi connectivity index (χ3n) is 3.50. The van der Waals surface area contributed by atoms with Crippen molar-refractivity contribution in [2.45, 2.75) is 32.9 Å². The lowest BCUT2D eigenvalue weighted by atomic mass is 10.0. The molecule has 1 unspecified atom stereocenters. The predicted molar refractivity (Wildman–Crippen MR) is 77.5 cm³/mol. The van der Waals surface area contributed by atoms with Gasteiger partial charge in [-0.1, -0.05) is 42.5 Å². The van der Waals surface area contributed by atoms with Crippen LogP contribution in [0.4, 0.5) is 4.39 Å². The first-order valence-corrected chi connectivity index (χ1v) is 6.65. The SMILES string of the molecule is Cc1ccc(C(C)N[C@@H](C)c2ccccc2)cc1F. The van der Waals surface area contributed by atoms with Crippen LogP contribution in [0.1, 0.15) is 42.6 Å². The zero-order valence-electron chi connectivity index (χ0n) is 11.7. The van der Waals surface area contributed by atoms with Crippen LogP contribution in [0.15, 0.2) is 48.5 Å². The van der Waals surface area contributed by atoms with Crippen molar-refractivity contribution in [2.75, 3.05) is 0 Å². The molecule has 0 spiro atoms. The highest BCUT2D eigenvalue weighted by Gasteiger charge is 2.11. The van der Waals surface area contributed by atoms with Crippen molar-refractivity contribution >= 4 is 0 Å². The summed E-state index contributed by atoms with van der Waals surface area (Å²) in [5.41, 5.74) is 2.90. The van der Waals surface area contributed by atoms with Crippen molar-refractivity contribution in [1.29, 1.82) is 0 Å². The number of hydrogen-bond donors (Lipinski definition) is 1. The Kier molecular flexibility index (Phi) is 4.33. The van der Waals surface area contributed by atoms with E-state index in [1.54, 1.807) is 13.0 Å². The van der Waals surface area contributed by atoms with Gasteiger partial charge in [0, 0.05) is 12.1 Å². The summed E-state index contributed by atoms with van der Waals surface area (Å²) in [7, 11) is 0. The summed E-state index contributed by atoms with van der Waals surface area (Å²) in [5, 5.41) is 3.49. The molecule has 2 atom stereocenters. The summed E-state index contributed by atoms with van der Waals surface area (Å²) < 4.78 is 13.6. The van der Waals surface area contributed by atoms with Crippen LogP contribution in [0.25, 0.3) is 0 Å². The number of halogens is 1. The lowest BCUT2D eigenvalue weighted by Crippen LogP contribution is -2.22. The molecule has 0 bridgehead atoms. The minimum atomic E-state index is -0.140. The maximum Gasteiger partial charge on any atom is 0.126 e. The van der Waals surface area contributed by atoms with Crippen molar-refractivity contribution in [3.05, 3.63) is 71.0 Å². The fraction of sp³-hybridized carbons (Fsp3) is 0.294. The minimum Gasteiger partial charge on any atom is -0.304 e. The first-order chi connectivity index (χ1) is 9.08. The lowest BCUT2D eigenvalue weighted by molar-refractivity contribution is 0.491. The van der Waals surface area contributed by atoms with Crippen LogP contribution in [0.2, 0.25) is 0 Å². The summed E-state index contributed by atoms with van der Waals surface area (Å²) in [6.45, 7) is 5.96. The van der Waals surface area contributed by atoms with Crippen molar-refractivity contribution in [3.8, 4) is 0 Å². The topological polar surface area (TPSA) is 12.0 Å². The van der Waals surface area contributed by atoms with Crippen LogP contribution in [-0.2, 0) is 0 Å². The summed E-state index contributed by atoms with van der Waals surface area (Å²) in [6.07, 6.45) is 0. The molecule has 2 aromatic carbocycles. The van der Waals surface area contributed by atoms with Gasteiger partial charge in [0.2, 0.25) is 0 Å². The molecule has 2 rings (SSSR count). The molecule has 0 aliphatic carbocycles. The zero-order chi connectivity index (χ0) is 13.8. The second kappa shape index (κ2) is 5.98. The highest BCUT2D eigenvalue weighted by Crippen LogP contribution is 2.20. The molecule has 0 amide bonds. The summed E-state index contributed by atoms with van der Waals surface area (Å²) >= 11 is 0. The van der Waals surface area contributed by atoms with E-state index in [-0.39, 0.29) is 17.9 Å². The second-order valence-electron chi connectivity index (χ2n) is 5.03. The Hall–Kier alpha value is -1.67. The molecule has 0 aromatic heterocycles. The molecule has 2 heteroatoms. The molecule has 1 nitrogen and oxygen atoms in total. The van der Waals surface area contributed by atoms with E-state index in [1.165, 1.54) is 5.56 Å². The maximum absolute atomic E-state index is 13.6. The predicted octanol–water partition coefficient (Wildman–Crippen LogP) is 4.55. The molecular formula is C17H20FN. The molecular weight excluding hydrogens is 237 g/mol. The molecule has 0 radical (unpaired) electrons. The Morgan fingerprint density at radius 2 is 1.53 bits per heavy atom. The molecule has 1 N–H and O–H groups in total. The Morgan fingerprint density at radius 3 is 2.16 bits per heavy atom. The summed E-state index contributed by atoms with van der Waals surface area (Å²) in [6, 6.07) is 16.0. The van der Waals surface area contributed by atoms with Crippen LogP contribution in [0.3, 0.4) is 0 Å². The van der Waals surface area contributed by atoms with Crippen LogP contribution < -0.4 is 5.32 Å². The van der Waals surface area contributed by atoms with Gasteiger partial charge in [-0.15, -0.1) is 0 Å². The van der Waals surface area contributed by atoms with Gasteiger partial charge in [0.15, 0.2) is 0 Å². The van der Waals surface area contributed by atoms with Crippen LogP contribution >= 0.6 is 0 Å². The van der Waals surface area contributed by atoms with E-state index in [9.17, 15) is 4.39 Å². The van der Waals surface area contributed by atoms with Gasteiger partial charge in [0.25, 0.3) is 0 Å². The third kappa shape index (κ3) is 3.42. The highest BCUT2D eigenvalue weighted by atomic mass is 19.1. The fourth-order valence-electron chi connectivity index (χ4n) is 2.19. The molecule has 0 heterocycles. The van der Waals surface area contributed by atoms with Crippen molar-refractivity contribution in [2.24, 2.45) is 0 Å². The summed E-state index contributed by atoms with van der Waals surface area (Å²) in [5.74, 6) is -0.140. The Bertz CT molecular complexity index is 536. The molecule has 0 fully saturated rings. The molecule has 0 saturated heterocycles. The number of aryl methyl sites for hydroxylation is 1.